The summed E-state index contributed by atoms with van der Waals surface area (Å²) in [7, 11) is -0.628. The number of ketones is 1. The normalized spacial score (nSPS) is 14.5. The molecule has 0 N–H and O–H groups in total. The van der Waals surface area contributed by atoms with Gasteiger partial charge in [0.25, 0.3) is 5.91 Å². The van der Waals surface area contributed by atoms with E-state index in [1.165, 1.54) is 38.4 Å². The molecule has 1 aliphatic rings. The van der Waals surface area contributed by atoms with E-state index in [2.05, 4.69) is 0 Å². The van der Waals surface area contributed by atoms with Crippen LogP contribution in [0.15, 0.2) is 53.4 Å². The van der Waals surface area contributed by atoms with Crippen LogP contribution in [-0.2, 0) is 10.0 Å². The number of carbonyl (C=O) groups is 2. The van der Waals surface area contributed by atoms with E-state index >= 15 is 0 Å². The smallest absolute Gasteiger partial charge is 0.258 e. The fourth-order valence-corrected chi connectivity index (χ4v) is 3.66. The Balaban J connectivity index is 1.92. The second kappa shape index (κ2) is 6.42. The first-order valence-electron chi connectivity index (χ1n) is 7.79. The number of sulfonamides is 1. The third-order valence-corrected chi connectivity index (χ3v) is 6.01. The van der Waals surface area contributed by atoms with Gasteiger partial charge in [-0.1, -0.05) is 12.1 Å². The highest BCUT2D eigenvalue weighted by atomic mass is 32.2. The summed E-state index contributed by atoms with van der Waals surface area (Å²) in [6, 6.07) is 12.8. The number of anilines is 1. The van der Waals surface area contributed by atoms with Crippen molar-refractivity contribution in [3.05, 3.63) is 59.7 Å². The molecule has 0 bridgehead atoms. The zero-order chi connectivity index (χ0) is 18.2. The minimum Gasteiger partial charge on any atom is -0.307 e. The van der Waals surface area contributed by atoms with Crippen LogP contribution >= 0.6 is 0 Å². The molecule has 130 valence electrons. The Morgan fingerprint density at radius 1 is 1.04 bits per heavy atom. The highest BCUT2D eigenvalue weighted by molar-refractivity contribution is 7.89. The molecule has 2 aromatic rings. The summed E-state index contributed by atoms with van der Waals surface area (Å²) in [6.07, 6.45) is 0.274. The Hall–Kier alpha value is -2.51. The maximum absolute atomic E-state index is 12.8. The van der Waals surface area contributed by atoms with Gasteiger partial charge in [-0.3, -0.25) is 9.59 Å². The van der Waals surface area contributed by atoms with E-state index in [1.807, 2.05) is 0 Å². The van der Waals surface area contributed by atoms with Crippen molar-refractivity contribution in [1.29, 1.82) is 0 Å². The quantitative estimate of drug-likeness (QED) is 0.843. The first-order valence-corrected chi connectivity index (χ1v) is 9.23. The lowest BCUT2D eigenvalue weighted by atomic mass is 9.99. The van der Waals surface area contributed by atoms with Gasteiger partial charge < -0.3 is 4.90 Å². The van der Waals surface area contributed by atoms with Gasteiger partial charge in [-0.25, -0.2) is 12.7 Å². The highest BCUT2D eigenvalue weighted by Crippen LogP contribution is 2.28. The molecule has 0 aliphatic carbocycles. The first-order chi connectivity index (χ1) is 11.8. The van der Waals surface area contributed by atoms with E-state index in [0.717, 1.165) is 4.31 Å². The molecule has 0 aromatic heterocycles. The second-order valence-corrected chi connectivity index (χ2v) is 8.11. The lowest BCUT2D eigenvalue weighted by Gasteiger charge is -2.28. The van der Waals surface area contributed by atoms with Crippen LogP contribution in [0.25, 0.3) is 0 Å². The summed E-state index contributed by atoms with van der Waals surface area (Å²) in [5.74, 6) is -0.235. The zero-order valence-electron chi connectivity index (χ0n) is 14.0. The molecule has 0 unspecified atom stereocenters. The van der Waals surface area contributed by atoms with Gasteiger partial charge in [0.1, 0.15) is 0 Å². The summed E-state index contributed by atoms with van der Waals surface area (Å²) in [5, 5.41) is 0. The number of Topliss-reactive ketones (excluding diaryl/α,β-unsaturated/α-hetero) is 1. The molecule has 3 rings (SSSR count). The molecule has 0 saturated heterocycles. The summed E-state index contributed by atoms with van der Waals surface area (Å²) < 4.78 is 25.3. The summed E-state index contributed by atoms with van der Waals surface area (Å²) in [6.45, 7) is 0.312. The van der Waals surface area contributed by atoms with E-state index in [-0.39, 0.29) is 23.0 Å². The molecule has 0 radical (unpaired) electrons. The van der Waals surface area contributed by atoms with Crippen molar-refractivity contribution in [1.82, 2.24) is 4.31 Å². The third-order valence-electron chi connectivity index (χ3n) is 4.18. The van der Waals surface area contributed by atoms with Crippen LogP contribution in [0, 0.1) is 0 Å². The van der Waals surface area contributed by atoms with Gasteiger partial charge in [0.05, 0.1) is 10.6 Å². The monoisotopic (exact) mass is 358 g/mol. The Kier molecular flexibility index (Phi) is 4.45. The van der Waals surface area contributed by atoms with E-state index in [4.69, 9.17) is 0 Å². The number of rotatable bonds is 3. The van der Waals surface area contributed by atoms with Crippen LogP contribution in [0.2, 0.25) is 0 Å². The van der Waals surface area contributed by atoms with E-state index in [0.29, 0.717) is 23.4 Å². The number of carbonyl (C=O) groups excluding carboxylic acids is 2. The van der Waals surface area contributed by atoms with Gasteiger partial charge in [-0.15, -0.1) is 0 Å². The molecule has 6 nitrogen and oxygen atoms in total. The Bertz CT molecular complexity index is 934. The number of para-hydroxylation sites is 1. The van der Waals surface area contributed by atoms with Crippen molar-refractivity contribution in [3.8, 4) is 0 Å². The first kappa shape index (κ1) is 17.3. The van der Waals surface area contributed by atoms with E-state index < -0.39 is 10.0 Å². The fraction of sp³-hybridized carbons (Fsp3) is 0.222. The molecular weight excluding hydrogens is 340 g/mol. The summed E-state index contributed by atoms with van der Waals surface area (Å²) >= 11 is 0. The Labute approximate surface area is 146 Å². The highest BCUT2D eigenvalue weighted by Gasteiger charge is 2.28. The van der Waals surface area contributed by atoms with Crippen molar-refractivity contribution in [2.75, 3.05) is 25.5 Å². The molecule has 2 aromatic carbocycles. The lowest BCUT2D eigenvalue weighted by molar-refractivity contribution is 0.0955. The lowest BCUT2D eigenvalue weighted by Crippen LogP contribution is -2.37. The predicted molar refractivity (Wildman–Crippen MR) is 94.4 cm³/mol. The maximum Gasteiger partial charge on any atom is 0.258 e. The average molecular weight is 358 g/mol. The van der Waals surface area contributed by atoms with Gasteiger partial charge >= 0.3 is 0 Å². The average Bonchev–Trinajstić information content (AvgIpc) is 2.62. The minimum atomic E-state index is -3.54. The molecular formula is C18H18N2O4S. The number of fused-ring (bicyclic) bond motifs is 1. The van der Waals surface area contributed by atoms with Gasteiger partial charge in [0.2, 0.25) is 10.0 Å². The molecule has 1 aliphatic heterocycles. The Morgan fingerprint density at radius 3 is 2.32 bits per heavy atom. The van der Waals surface area contributed by atoms with Crippen LogP contribution in [-0.4, -0.2) is 45.1 Å². The molecule has 0 saturated carbocycles. The van der Waals surface area contributed by atoms with Crippen molar-refractivity contribution in [3.63, 3.8) is 0 Å². The van der Waals surface area contributed by atoms with Gasteiger partial charge in [0.15, 0.2) is 5.78 Å². The molecule has 1 amide bonds. The number of benzene rings is 2. The summed E-state index contributed by atoms with van der Waals surface area (Å²) in [4.78, 5) is 26.5. The molecule has 25 heavy (non-hydrogen) atoms. The van der Waals surface area contributed by atoms with Crippen LogP contribution in [0.3, 0.4) is 0 Å². The predicted octanol–water partition coefficient (Wildman–Crippen LogP) is 2.17. The SMILES string of the molecule is CN(C)S(=O)(=O)c1ccc(C(=O)N2CCC(=O)c3ccccc32)cc1. The number of nitrogens with zero attached hydrogens (tertiary/aromatic N) is 2. The molecule has 0 fully saturated rings. The largest absolute Gasteiger partial charge is 0.307 e. The van der Waals surface area contributed by atoms with E-state index in [1.54, 1.807) is 29.2 Å². The Morgan fingerprint density at radius 2 is 1.68 bits per heavy atom. The second-order valence-electron chi connectivity index (χ2n) is 5.96. The van der Waals surface area contributed by atoms with Crippen LogP contribution in [0.4, 0.5) is 5.69 Å². The van der Waals surface area contributed by atoms with Crippen LogP contribution in [0.1, 0.15) is 27.1 Å². The molecule has 0 atom stereocenters. The number of hydrogen-bond acceptors (Lipinski definition) is 4. The molecule has 1 heterocycles. The van der Waals surface area contributed by atoms with Gasteiger partial charge in [-0.2, -0.15) is 0 Å². The van der Waals surface area contributed by atoms with Crippen molar-refractivity contribution in [2.45, 2.75) is 11.3 Å². The standard InChI is InChI=1S/C18H18N2O4S/c1-19(2)25(23,24)14-9-7-13(8-10-14)18(22)20-12-11-17(21)15-5-3-4-6-16(15)20/h3-10H,11-12H2,1-2H3. The van der Waals surface area contributed by atoms with Crippen molar-refractivity contribution >= 4 is 27.4 Å². The fourth-order valence-electron chi connectivity index (χ4n) is 2.76. The van der Waals surface area contributed by atoms with Crippen LogP contribution in [0.5, 0.6) is 0 Å². The van der Waals surface area contributed by atoms with Crippen molar-refractivity contribution < 1.29 is 18.0 Å². The van der Waals surface area contributed by atoms with E-state index in [9.17, 15) is 18.0 Å². The van der Waals surface area contributed by atoms with Gasteiger partial charge in [-0.05, 0) is 36.4 Å². The molecule has 0 spiro atoms. The topological polar surface area (TPSA) is 74.8 Å². The summed E-state index contributed by atoms with van der Waals surface area (Å²) in [5.41, 5.74) is 1.50. The maximum atomic E-state index is 12.8. The minimum absolute atomic E-state index is 0.0204. The number of amides is 1. The number of hydrogen-bond donors (Lipinski definition) is 0. The zero-order valence-corrected chi connectivity index (χ0v) is 14.8. The van der Waals surface area contributed by atoms with Crippen LogP contribution < -0.4 is 4.90 Å². The third kappa shape index (κ3) is 3.08. The molecule has 7 heteroatoms. The van der Waals surface area contributed by atoms with Gasteiger partial charge in [0, 0.05) is 38.2 Å². The van der Waals surface area contributed by atoms with Crippen molar-refractivity contribution in [2.24, 2.45) is 0 Å².